The van der Waals surface area contributed by atoms with E-state index in [4.69, 9.17) is 4.74 Å². The molecule has 114 valence electrons. The van der Waals surface area contributed by atoms with Crippen LogP contribution in [0.4, 0.5) is 5.69 Å². The number of hydrogen-bond acceptors (Lipinski definition) is 3. The number of anilines is 1. The maximum Gasteiger partial charge on any atom is 0.255 e. The van der Waals surface area contributed by atoms with E-state index < -0.39 is 0 Å². The van der Waals surface area contributed by atoms with Crippen LogP contribution in [0.3, 0.4) is 0 Å². The lowest BCUT2D eigenvalue weighted by Crippen LogP contribution is -2.18. The third kappa shape index (κ3) is 3.65. The SMILES string of the molecule is CNC(=O)c1ccc(NC(=O)c2ccc(Br)cc2)c(OC)c1. The molecule has 0 aromatic heterocycles. The van der Waals surface area contributed by atoms with Crippen molar-refractivity contribution in [2.45, 2.75) is 0 Å². The van der Waals surface area contributed by atoms with Gasteiger partial charge in [-0.05, 0) is 42.5 Å². The maximum atomic E-state index is 12.2. The van der Waals surface area contributed by atoms with Crippen molar-refractivity contribution >= 4 is 33.4 Å². The van der Waals surface area contributed by atoms with Gasteiger partial charge in [0.05, 0.1) is 12.8 Å². The van der Waals surface area contributed by atoms with Crippen LogP contribution in [0.25, 0.3) is 0 Å². The second-order valence-electron chi connectivity index (χ2n) is 4.46. The molecule has 0 heterocycles. The molecule has 2 aromatic carbocycles. The molecular formula is C16H15BrN2O3. The summed E-state index contributed by atoms with van der Waals surface area (Å²) in [6.07, 6.45) is 0. The number of methoxy groups -OCH3 is 1. The van der Waals surface area contributed by atoms with Crippen molar-refractivity contribution in [3.63, 3.8) is 0 Å². The van der Waals surface area contributed by atoms with Crippen LogP contribution in [0.15, 0.2) is 46.9 Å². The highest BCUT2D eigenvalue weighted by Gasteiger charge is 2.12. The van der Waals surface area contributed by atoms with E-state index in [-0.39, 0.29) is 11.8 Å². The van der Waals surface area contributed by atoms with E-state index in [1.165, 1.54) is 7.11 Å². The van der Waals surface area contributed by atoms with Crippen LogP contribution < -0.4 is 15.4 Å². The number of ether oxygens (including phenoxy) is 1. The van der Waals surface area contributed by atoms with E-state index in [2.05, 4.69) is 26.6 Å². The molecule has 2 rings (SSSR count). The zero-order valence-electron chi connectivity index (χ0n) is 12.1. The Kier molecular flexibility index (Phi) is 5.16. The second kappa shape index (κ2) is 7.09. The quantitative estimate of drug-likeness (QED) is 0.878. The lowest BCUT2D eigenvalue weighted by Gasteiger charge is -2.11. The van der Waals surface area contributed by atoms with Gasteiger partial charge in [-0.25, -0.2) is 0 Å². The van der Waals surface area contributed by atoms with Gasteiger partial charge in [0.25, 0.3) is 11.8 Å². The highest BCUT2D eigenvalue weighted by molar-refractivity contribution is 9.10. The fourth-order valence-corrected chi connectivity index (χ4v) is 2.14. The summed E-state index contributed by atoms with van der Waals surface area (Å²) in [5.41, 5.74) is 1.49. The Morgan fingerprint density at radius 1 is 1.00 bits per heavy atom. The Morgan fingerprint density at radius 2 is 1.64 bits per heavy atom. The fourth-order valence-electron chi connectivity index (χ4n) is 1.88. The largest absolute Gasteiger partial charge is 0.495 e. The van der Waals surface area contributed by atoms with Gasteiger partial charge in [0.1, 0.15) is 5.75 Å². The topological polar surface area (TPSA) is 67.4 Å². The molecule has 2 N–H and O–H groups in total. The van der Waals surface area contributed by atoms with Gasteiger partial charge < -0.3 is 15.4 Å². The van der Waals surface area contributed by atoms with E-state index in [9.17, 15) is 9.59 Å². The highest BCUT2D eigenvalue weighted by Crippen LogP contribution is 2.26. The van der Waals surface area contributed by atoms with Crippen molar-refractivity contribution in [1.82, 2.24) is 5.32 Å². The van der Waals surface area contributed by atoms with Gasteiger partial charge in [-0.15, -0.1) is 0 Å². The van der Waals surface area contributed by atoms with Gasteiger partial charge in [0, 0.05) is 22.6 Å². The minimum absolute atomic E-state index is 0.218. The summed E-state index contributed by atoms with van der Waals surface area (Å²) in [4.78, 5) is 23.8. The zero-order chi connectivity index (χ0) is 16.1. The van der Waals surface area contributed by atoms with Crippen molar-refractivity contribution in [2.75, 3.05) is 19.5 Å². The first-order chi connectivity index (χ1) is 10.5. The van der Waals surface area contributed by atoms with Gasteiger partial charge in [-0.2, -0.15) is 0 Å². The standard InChI is InChI=1S/C16H15BrN2O3/c1-18-15(20)11-5-8-13(14(9-11)22-2)19-16(21)10-3-6-12(17)7-4-10/h3-9H,1-2H3,(H,18,20)(H,19,21). The monoisotopic (exact) mass is 362 g/mol. The summed E-state index contributed by atoms with van der Waals surface area (Å²) >= 11 is 3.32. The first kappa shape index (κ1) is 16.0. The van der Waals surface area contributed by atoms with E-state index in [0.29, 0.717) is 22.6 Å². The van der Waals surface area contributed by atoms with Crippen LogP contribution in [0, 0.1) is 0 Å². The van der Waals surface area contributed by atoms with Crippen LogP contribution in [0.2, 0.25) is 0 Å². The average molecular weight is 363 g/mol. The first-order valence-corrected chi connectivity index (χ1v) is 7.31. The number of benzene rings is 2. The average Bonchev–Trinajstić information content (AvgIpc) is 2.55. The summed E-state index contributed by atoms with van der Waals surface area (Å²) in [5, 5.41) is 5.31. The molecular weight excluding hydrogens is 348 g/mol. The summed E-state index contributed by atoms with van der Waals surface area (Å²) in [5.74, 6) is -0.0471. The Balaban J connectivity index is 2.23. The number of carbonyl (C=O) groups is 2. The Hall–Kier alpha value is -2.34. The lowest BCUT2D eigenvalue weighted by atomic mass is 10.1. The molecule has 6 heteroatoms. The molecule has 2 aromatic rings. The molecule has 0 saturated carbocycles. The minimum atomic E-state index is -0.251. The van der Waals surface area contributed by atoms with Gasteiger partial charge in [-0.1, -0.05) is 15.9 Å². The zero-order valence-corrected chi connectivity index (χ0v) is 13.7. The molecule has 0 aliphatic carbocycles. The molecule has 2 amide bonds. The normalized spacial score (nSPS) is 9.95. The highest BCUT2D eigenvalue weighted by atomic mass is 79.9. The molecule has 0 aliphatic rings. The Bertz CT molecular complexity index is 699. The van der Waals surface area contributed by atoms with Gasteiger partial charge in [-0.3, -0.25) is 9.59 Å². The van der Waals surface area contributed by atoms with Crippen LogP contribution in [-0.2, 0) is 0 Å². The van der Waals surface area contributed by atoms with E-state index in [0.717, 1.165) is 4.47 Å². The van der Waals surface area contributed by atoms with Crippen LogP contribution in [0.1, 0.15) is 20.7 Å². The lowest BCUT2D eigenvalue weighted by molar-refractivity contribution is 0.0962. The number of rotatable bonds is 4. The van der Waals surface area contributed by atoms with Crippen molar-refractivity contribution in [1.29, 1.82) is 0 Å². The molecule has 0 aliphatic heterocycles. The van der Waals surface area contributed by atoms with Gasteiger partial charge >= 0.3 is 0 Å². The van der Waals surface area contributed by atoms with Crippen molar-refractivity contribution in [3.8, 4) is 5.75 Å². The van der Waals surface area contributed by atoms with Gasteiger partial charge in [0.2, 0.25) is 0 Å². The first-order valence-electron chi connectivity index (χ1n) is 6.52. The summed E-state index contributed by atoms with van der Waals surface area (Å²) in [6, 6.07) is 11.9. The Morgan fingerprint density at radius 3 is 2.23 bits per heavy atom. The summed E-state index contributed by atoms with van der Waals surface area (Å²) < 4.78 is 6.13. The van der Waals surface area contributed by atoms with Crippen LogP contribution >= 0.6 is 15.9 Å². The van der Waals surface area contributed by atoms with Crippen molar-refractivity contribution in [3.05, 3.63) is 58.1 Å². The number of hydrogen-bond donors (Lipinski definition) is 2. The van der Waals surface area contributed by atoms with Crippen molar-refractivity contribution < 1.29 is 14.3 Å². The molecule has 0 spiro atoms. The molecule has 0 unspecified atom stereocenters. The molecule has 0 bridgehead atoms. The molecule has 0 fully saturated rings. The molecule has 0 atom stereocenters. The number of carbonyl (C=O) groups excluding carboxylic acids is 2. The molecule has 22 heavy (non-hydrogen) atoms. The molecule has 0 radical (unpaired) electrons. The predicted molar refractivity (Wildman–Crippen MR) is 88.5 cm³/mol. The second-order valence-corrected chi connectivity index (χ2v) is 5.37. The van der Waals surface area contributed by atoms with E-state index in [1.807, 2.05) is 0 Å². The number of halogens is 1. The number of nitrogens with one attached hydrogen (secondary N) is 2. The molecule has 5 nitrogen and oxygen atoms in total. The third-order valence-corrected chi connectivity index (χ3v) is 3.57. The maximum absolute atomic E-state index is 12.2. The smallest absolute Gasteiger partial charge is 0.255 e. The summed E-state index contributed by atoms with van der Waals surface area (Å²) in [6.45, 7) is 0. The van der Waals surface area contributed by atoms with E-state index in [1.54, 1.807) is 49.5 Å². The minimum Gasteiger partial charge on any atom is -0.495 e. The summed E-state index contributed by atoms with van der Waals surface area (Å²) in [7, 11) is 3.04. The fraction of sp³-hybridized carbons (Fsp3) is 0.125. The van der Waals surface area contributed by atoms with E-state index >= 15 is 0 Å². The third-order valence-electron chi connectivity index (χ3n) is 3.05. The Labute approximate surface area is 136 Å². The predicted octanol–water partition coefficient (Wildman–Crippen LogP) is 3.07. The molecule has 0 saturated heterocycles. The number of amides is 2. The van der Waals surface area contributed by atoms with Crippen molar-refractivity contribution in [2.24, 2.45) is 0 Å². The van der Waals surface area contributed by atoms with Gasteiger partial charge in [0.15, 0.2) is 0 Å². The van der Waals surface area contributed by atoms with Crippen LogP contribution in [-0.4, -0.2) is 26.0 Å². The van der Waals surface area contributed by atoms with Crippen LogP contribution in [0.5, 0.6) is 5.75 Å².